The van der Waals surface area contributed by atoms with Crippen LogP contribution in [0.4, 0.5) is 5.69 Å². The predicted molar refractivity (Wildman–Crippen MR) is 83.5 cm³/mol. The van der Waals surface area contributed by atoms with Crippen LogP contribution in [-0.2, 0) is 0 Å². The number of carbonyl (C=O) groups excluding carboxylic acids is 1. The van der Waals surface area contributed by atoms with Gasteiger partial charge >= 0.3 is 0 Å². The summed E-state index contributed by atoms with van der Waals surface area (Å²) in [5, 5.41) is 6.22. The highest BCUT2D eigenvalue weighted by atomic mass is 16.5. The smallest absolute Gasteiger partial charge is 0.278 e. The number of benzene rings is 1. The number of rotatable bonds is 4. The molecule has 0 atom stereocenters. The summed E-state index contributed by atoms with van der Waals surface area (Å²) < 4.78 is 10.5. The molecule has 23 heavy (non-hydrogen) atoms. The number of pyridine rings is 1. The Labute approximate surface area is 130 Å². The minimum Gasteiger partial charge on any atom is -0.496 e. The van der Waals surface area contributed by atoms with Crippen molar-refractivity contribution in [3.63, 3.8) is 0 Å². The third kappa shape index (κ3) is 2.98. The molecule has 0 radical (unpaired) electrons. The lowest BCUT2D eigenvalue weighted by atomic mass is 10.1. The van der Waals surface area contributed by atoms with Crippen LogP contribution in [0.15, 0.2) is 58.1 Å². The Morgan fingerprint density at radius 1 is 1.30 bits per heavy atom. The van der Waals surface area contributed by atoms with Crippen molar-refractivity contribution in [3.8, 4) is 17.1 Å². The Kier molecular flexibility index (Phi) is 3.92. The molecule has 1 aromatic carbocycles. The second-order valence-corrected chi connectivity index (χ2v) is 4.65. The van der Waals surface area contributed by atoms with Crippen molar-refractivity contribution >= 4 is 11.6 Å². The standard InChI is InChI=1S/C16H13N3O4/c1-22-14-5-3-2-4-10(14)15-8-11(19-23-15)16(21)18-12-9-17-7-6-13(12)20/h2-9H,1H3,(H,17,20)(H,18,21). The number of ether oxygens (including phenoxy) is 1. The number of amides is 1. The summed E-state index contributed by atoms with van der Waals surface area (Å²) in [6.45, 7) is 0. The van der Waals surface area contributed by atoms with Gasteiger partial charge in [0.25, 0.3) is 5.91 Å². The van der Waals surface area contributed by atoms with Gasteiger partial charge in [-0.2, -0.15) is 0 Å². The van der Waals surface area contributed by atoms with Crippen molar-refractivity contribution in [1.82, 2.24) is 10.1 Å². The molecule has 0 unspecified atom stereocenters. The number of methoxy groups -OCH3 is 1. The van der Waals surface area contributed by atoms with Gasteiger partial charge < -0.3 is 19.6 Å². The summed E-state index contributed by atoms with van der Waals surface area (Å²) in [4.78, 5) is 26.5. The van der Waals surface area contributed by atoms with E-state index < -0.39 is 5.91 Å². The fourth-order valence-electron chi connectivity index (χ4n) is 2.06. The molecule has 7 heteroatoms. The lowest BCUT2D eigenvalue weighted by Gasteiger charge is -2.03. The van der Waals surface area contributed by atoms with Crippen molar-refractivity contribution in [2.24, 2.45) is 0 Å². The monoisotopic (exact) mass is 311 g/mol. The lowest BCUT2D eigenvalue weighted by Crippen LogP contribution is -2.18. The molecule has 7 nitrogen and oxygen atoms in total. The van der Waals surface area contributed by atoms with E-state index in [9.17, 15) is 9.59 Å². The molecule has 2 heterocycles. The predicted octanol–water partition coefficient (Wildman–Crippen LogP) is 2.29. The number of para-hydroxylation sites is 1. The fraction of sp³-hybridized carbons (Fsp3) is 0.0625. The molecular weight excluding hydrogens is 298 g/mol. The van der Waals surface area contributed by atoms with Gasteiger partial charge in [-0.15, -0.1) is 0 Å². The number of nitrogens with zero attached hydrogens (tertiary/aromatic N) is 1. The van der Waals surface area contributed by atoms with E-state index in [4.69, 9.17) is 9.26 Å². The minimum atomic E-state index is -0.536. The number of hydrogen-bond acceptors (Lipinski definition) is 5. The number of hydrogen-bond donors (Lipinski definition) is 2. The van der Waals surface area contributed by atoms with Gasteiger partial charge in [0.05, 0.1) is 12.7 Å². The fourth-order valence-corrected chi connectivity index (χ4v) is 2.06. The van der Waals surface area contributed by atoms with Crippen LogP contribution in [-0.4, -0.2) is 23.2 Å². The number of anilines is 1. The van der Waals surface area contributed by atoms with E-state index in [1.807, 2.05) is 12.1 Å². The molecule has 0 bridgehead atoms. The summed E-state index contributed by atoms with van der Waals surface area (Å²) in [6.07, 6.45) is 2.88. The van der Waals surface area contributed by atoms with E-state index in [-0.39, 0.29) is 16.8 Å². The zero-order valence-electron chi connectivity index (χ0n) is 12.2. The van der Waals surface area contributed by atoms with E-state index in [1.54, 1.807) is 19.2 Å². The van der Waals surface area contributed by atoms with Crippen LogP contribution in [0, 0.1) is 0 Å². The van der Waals surface area contributed by atoms with Gasteiger partial charge in [-0.05, 0) is 12.1 Å². The Hall–Kier alpha value is -3.35. The highest BCUT2D eigenvalue weighted by Crippen LogP contribution is 2.29. The summed E-state index contributed by atoms with van der Waals surface area (Å²) in [5.74, 6) is 0.469. The third-order valence-electron chi connectivity index (χ3n) is 3.19. The van der Waals surface area contributed by atoms with Gasteiger partial charge in [0.2, 0.25) is 5.43 Å². The zero-order chi connectivity index (χ0) is 16.2. The van der Waals surface area contributed by atoms with Gasteiger partial charge in [0.15, 0.2) is 11.5 Å². The van der Waals surface area contributed by atoms with Crippen molar-refractivity contribution in [2.45, 2.75) is 0 Å². The third-order valence-corrected chi connectivity index (χ3v) is 3.19. The Bertz CT molecular complexity index is 898. The number of carbonyl (C=O) groups is 1. The topological polar surface area (TPSA) is 97.2 Å². The van der Waals surface area contributed by atoms with Crippen molar-refractivity contribution in [1.29, 1.82) is 0 Å². The number of aromatic nitrogens is 2. The Morgan fingerprint density at radius 3 is 2.91 bits per heavy atom. The van der Waals surface area contributed by atoms with E-state index in [0.717, 1.165) is 0 Å². The van der Waals surface area contributed by atoms with Gasteiger partial charge in [0.1, 0.15) is 11.4 Å². The average molecular weight is 311 g/mol. The van der Waals surface area contributed by atoms with Gasteiger partial charge in [-0.3, -0.25) is 9.59 Å². The van der Waals surface area contributed by atoms with Crippen LogP contribution in [0.1, 0.15) is 10.5 Å². The lowest BCUT2D eigenvalue weighted by molar-refractivity contribution is 0.101. The zero-order valence-corrected chi connectivity index (χ0v) is 12.2. The summed E-state index contributed by atoms with van der Waals surface area (Å²) in [7, 11) is 1.55. The number of nitrogens with one attached hydrogen (secondary N) is 2. The second kappa shape index (κ2) is 6.18. The van der Waals surface area contributed by atoms with E-state index in [0.29, 0.717) is 17.1 Å². The largest absolute Gasteiger partial charge is 0.496 e. The first-order valence-electron chi connectivity index (χ1n) is 6.77. The molecule has 0 saturated carbocycles. The molecule has 3 rings (SSSR count). The number of aromatic amines is 1. The van der Waals surface area contributed by atoms with Gasteiger partial charge in [0, 0.05) is 24.5 Å². The average Bonchev–Trinajstić information content (AvgIpc) is 3.07. The normalized spacial score (nSPS) is 10.3. The molecule has 2 aromatic heterocycles. The van der Waals surface area contributed by atoms with Crippen molar-refractivity contribution in [2.75, 3.05) is 12.4 Å². The quantitative estimate of drug-likeness (QED) is 0.770. The molecule has 0 aliphatic carbocycles. The molecule has 0 saturated heterocycles. The molecule has 3 aromatic rings. The first-order chi connectivity index (χ1) is 11.2. The highest BCUT2D eigenvalue weighted by Gasteiger charge is 2.16. The van der Waals surface area contributed by atoms with E-state index in [1.165, 1.54) is 24.5 Å². The van der Waals surface area contributed by atoms with Gasteiger partial charge in [-0.1, -0.05) is 17.3 Å². The molecular formula is C16H13N3O4. The number of H-pyrrole nitrogens is 1. The second-order valence-electron chi connectivity index (χ2n) is 4.65. The SMILES string of the molecule is COc1ccccc1-c1cc(C(=O)Nc2c[nH]ccc2=O)no1. The first kappa shape index (κ1) is 14.6. The summed E-state index contributed by atoms with van der Waals surface area (Å²) in [5.41, 5.74) is 0.582. The minimum absolute atomic E-state index is 0.0640. The van der Waals surface area contributed by atoms with Crippen LogP contribution in [0.3, 0.4) is 0 Å². The van der Waals surface area contributed by atoms with Crippen molar-refractivity contribution < 1.29 is 14.1 Å². The molecule has 116 valence electrons. The molecule has 2 N–H and O–H groups in total. The summed E-state index contributed by atoms with van der Waals surface area (Å²) in [6, 6.07) is 10.0. The van der Waals surface area contributed by atoms with Gasteiger partial charge in [-0.25, -0.2) is 0 Å². The van der Waals surface area contributed by atoms with E-state index in [2.05, 4.69) is 15.5 Å². The summed E-state index contributed by atoms with van der Waals surface area (Å²) >= 11 is 0. The molecule has 0 fully saturated rings. The maximum absolute atomic E-state index is 12.1. The first-order valence-corrected chi connectivity index (χ1v) is 6.77. The molecule has 0 spiro atoms. The van der Waals surface area contributed by atoms with Crippen molar-refractivity contribution in [3.05, 3.63) is 64.7 Å². The van der Waals surface area contributed by atoms with Crippen LogP contribution in [0.2, 0.25) is 0 Å². The molecule has 0 aliphatic rings. The Morgan fingerprint density at radius 2 is 2.13 bits per heavy atom. The van der Waals surface area contributed by atoms with Crippen LogP contribution in [0.5, 0.6) is 5.75 Å². The Balaban J connectivity index is 1.86. The van der Waals surface area contributed by atoms with Crippen LogP contribution in [0.25, 0.3) is 11.3 Å². The molecule has 1 amide bonds. The molecule has 0 aliphatic heterocycles. The highest BCUT2D eigenvalue weighted by molar-refractivity contribution is 6.03. The maximum atomic E-state index is 12.1. The van der Waals surface area contributed by atoms with E-state index >= 15 is 0 Å². The maximum Gasteiger partial charge on any atom is 0.278 e. The van der Waals surface area contributed by atoms with Crippen LogP contribution >= 0.6 is 0 Å². The van der Waals surface area contributed by atoms with Crippen LogP contribution < -0.4 is 15.5 Å².